The molecule has 3 heterocycles. The third-order valence-corrected chi connectivity index (χ3v) is 13.1. The molecule has 10 aromatic carbocycles. The van der Waals surface area contributed by atoms with Crippen molar-refractivity contribution in [2.24, 2.45) is 0 Å². The van der Waals surface area contributed by atoms with Crippen LogP contribution in [-0.2, 0) is 0 Å². The number of benzene rings is 10. The van der Waals surface area contributed by atoms with Gasteiger partial charge in [-0.2, -0.15) is 0 Å². The summed E-state index contributed by atoms with van der Waals surface area (Å²) in [5.74, 6) is 3.31. The third-order valence-electron chi connectivity index (χ3n) is 13.1. The smallest absolute Gasteiger partial charge is 0.166 e. The van der Waals surface area contributed by atoms with E-state index in [1.54, 1.807) is 0 Å². The highest BCUT2D eigenvalue weighted by Gasteiger charge is 2.23. The van der Waals surface area contributed by atoms with Crippen molar-refractivity contribution in [3.63, 3.8) is 0 Å². The molecule has 0 bridgehead atoms. The maximum atomic E-state index is 5.40. The van der Waals surface area contributed by atoms with Gasteiger partial charge in [0.05, 0.1) is 16.7 Å². The van der Waals surface area contributed by atoms with E-state index in [0.29, 0.717) is 34.9 Å². The van der Waals surface area contributed by atoms with Gasteiger partial charge < -0.3 is 4.57 Å². The minimum absolute atomic E-state index is 0.509. The molecule has 0 atom stereocenters. The number of aromatic nitrogens is 7. The summed E-state index contributed by atoms with van der Waals surface area (Å²) < 4.78 is 2.35. The van der Waals surface area contributed by atoms with Crippen molar-refractivity contribution in [3.05, 3.63) is 249 Å². The van der Waals surface area contributed by atoms with Gasteiger partial charge in [-0.25, -0.2) is 29.9 Å². The Morgan fingerprint density at radius 1 is 0.239 bits per heavy atom. The molecule has 0 saturated heterocycles. The molecule has 0 unspecified atom stereocenters. The predicted molar refractivity (Wildman–Crippen MR) is 289 cm³/mol. The molecule has 0 aliphatic heterocycles. The van der Waals surface area contributed by atoms with Crippen molar-refractivity contribution in [1.29, 1.82) is 0 Å². The standard InChI is InChI=1S/C64H41N7/c1-5-18-42(19-6-1)44-32-35-48(36-33-44)61-65-60(47-25-11-4-12-26-47)69-64(70-61)54-41-51(63-67-59(46-23-9-3-10-24-46)66-62(68-63)50-37-34-43-20-13-14-27-49(43)40-50)38-39-56(54)71-55-30-16-15-28-53(55)58-52(29-17-31-57(58)71)45-21-7-2-8-22-45/h1-41H. The van der Waals surface area contributed by atoms with Crippen LogP contribution in [0.3, 0.4) is 0 Å². The largest absolute Gasteiger partial charge is 0.308 e. The lowest BCUT2D eigenvalue weighted by atomic mass is 9.99. The van der Waals surface area contributed by atoms with Crippen molar-refractivity contribution in [2.75, 3.05) is 0 Å². The summed E-state index contributed by atoms with van der Waals surface area (Å²) in [6.07, 6.45) is 0. The average molecular weight is 908 g/mol. The van der Waals surface area contributed by atoms with Crippen LogP contribution in [0.2, 0.25) is 0 Å². The van der Waals surface area contributed by atoms with E-state index in [2.05, 4.69) is 187 Å². The monoisotopic (exact) mass is 907 g/mol. The summed E-state index contributed by atoms with van der Waals surface area (Å²) >= 11 is 0. The zero-order valence-corrected chi connectivity index (χ0v) is 38.3. The van der Waals surface area contributed by atoms with Crippen LogP contribution in [0.25, 0.3) is 129 Å². The Hall–Kier alpha value is -9.72. The highest BCUT2D eigenvalue weighted by Crippen LogP contribution is 2.42. The lowest BCUT2D eigenvalue weighted by molar-refractivity contribution is 1.06. The SMILES string of the molecule is c1ccc(-c2ccc(-c3nc(-c4ccccc4)nc(-c4cc(-c5nc(-c6ccccc6)nc(-c6ccc7ccccc7c6)n5)ccc4-n4c5ccccc5c5c(-c6ccccc6)cccc54)n3)cc2)cc1. The Labute approximate surface area is 410 Å². The van der Waals surface area contributed by atoms with Crippen LogP contribution < -0.4 is 0 Å². The van der Waals surface area contributed by atoms with Crippen molar-refractivity contribution in [2.45, 2.75) is 0 Å². The number of hydrogen-bond donors (Lipinski definition) is 0. The highest BCUT2D eigenvalue weighted by molar-refractivity contribution is 6.16. The van der Waals surface area contributed by atoms with Crippen LogP contribution in [0.4, 0.5) is 0 Å². The quantitative estimate of drug-likeness (QED) is 0.143. The first-order valence-electron chi connectivity index (χ1n) is 23.7. The van der Waals surface area contributed by atoms with E-state index in [1.165, 1.54) is 0 Å². The van der Waals surface area contributed by atoms with E-state index in [9.17, 15) is 0 Å². The Morgan fingerprint density at radius 2 is 0.662 bits per heavy atom. The van der Waals surface area contributed by atoms with Gasteiger partial charge in [-0.1, -0.05) is 212 Å². The summed E-state index contributed by atoms with van der Waals surface area (Å²) in [5, 5.41) is 4.56. The Bertz CT molecular complexity index is 4080. The molecule has 71 heavy (non-hydrogen) atoms. The first kappa shape index (κ1) is 41.5. The summed E-state index contributed by atoms with van der Waals surface area (Å²) in [7, 11) is 0. The summed E-state index contributed by atoms with van der Waals surface area (Å²) in [4.78, 5) is 31.5. The van der Waals surface area contributed by atoms with Gasteiger partial charge in [0.1, 0.15) is 0 Å². The van der Waals surface area contributed by atoms with Gasteiger partial charge in [-0.3, -0.25) is 0 Å². The fourth-order valence-corrected chi connectivity index (χ4v) is 9.65. The Morgan fingerprint density at radius 3 is 1.30 bits per heavy atom. The average Bonchev–Trinajstić information content (AvgIpc) is 3.80. The third kappa shape index (κ3) is 7.77. The summed E-state index contributed by atoms with van der Waals surface area (Å²) in [6, 6.07) is 85.9. The number of hydrogen-bond acceptors (Lipinski definition) is 6. The molecule has 3 aromatic heterocycles. The molecule has 0 saturated carbocycles. The molecular formula is C64H41N7. The fraction of sp³-hybridized carbons (Fsp3) is 0. The predicted octanol–water partition coefficient (Wildman–Crippen LogP) is 15.6. The van der Waals surface area contributed by atoms with Gasteiger partial charge >= 0.3 is 0 Å². The summed E-state index contributed by atoms with van der Waals surface area (Å²) in [5.41, 5.74) is 12.7. The summed E-state index contributed by atoms with van der Waals surface area (Å²) in [6.45, 7) is 0. The normalized spacial score (nSPS) is 11.4. The maximum Gasteiger partial charge on any atom is 0.166 e. The van der Waals surface area contributed by atoms with E-state index in [-0.39, 0.29) is 0 Å². The molecule has 13 rings (SSSR count). The maximum absolute atomic E-state index is 5.40. The van der Waals surface area contributed by atoms with Crippen molar-refractivity contribution >= 4 is 32.6 Å². The van der Waals surface area contributed by atoms with Crippen molar-refractivity contribution < 1.29 is 0 Å². The van der Waals surface area contributed by atoms with E-state index in [1.807, 2.05) is 66.7 Å². The molecule has 0 amide bonds. The minimum atomic E-state index is 0.509. The van der Waals surface area contributed by atoms with Gasteiger partial charge in [-0.15, -0.1) is 0 Å². The molecule has 13 aromatic rings. The van der Waals surface area contributed by atoms with Crippen LogP contribution in [-0.4, -0.2) is 34.5 Å². The minimum Gasteiger partial charge on any atom is -0.308 e. The Balaban J connectivity index is 1.08. The van der Waals surface area contributed by atoms with Crippen molar-refractivity contribution in [3.8, 4) is 96.3 Å². The zero-order valence-electron chi connectivity index (χ0n) is 38.3. The molecule has 0 radical (unpaired) electrons. The molecule has 0 aliphatic carbocycles. The van der Waals surface area contributed by atoms with Crippen LogP contribution >= 0.6 is 0 Å². The van der Waals surface area contributed by atoms with E-state index in [4.69, 9.17) is 29.9 Å². The number of nitrogens with zero attached hydrogens (tertiary/aromatic N) is 7. The lowest BCUT2D eigenvalue weighted by Crippen LogP contribution is -2.05. The Kier molecular flexibility index (Phi) is 10.4. The van der Waals surface area contributed by atoms with E-state index >= 15 is 0 Å². The second-order valence-electron chi connectivity index (χ2n) is 17.5. The molecule has 0 spiro atoms. The highest BCUT2D eigenvalue weighted by atomic mass is 15.1. The van der Waals surface area contributed by atoms with Gasteiger partial charge in [0, 0.05) is 44.2 Å². The van der Waals surface area contributed by atoms with Crippen LogP contribution in [0, 0.1) is 0 Å². The van der Waals surface area contributed by atoms with E-state index < -0.39 is 0 Å². The number of fused-ring (bicyclic) bond motifs is 4. The molecule has 0 N–H and O–H groups in total. The molecule has 7 heteroatoms. The van der Waals surface area contributed by atoms with Gasteiger partial charge in [0.15, 0.2) is 34.9 Å². The second-order valence-corrected chi connectivity index (χ2v) is 17.5. The van der Waals surface area contributed by atoms with Crippen LogP contribution in [0.1, 0.15) is 0 Å². The molecule has 332 valence electrons. The van der Waals surface area contributed by atoms with Gasteiger partial charge in [0.25, 0.3) is 0 Å². The first-order valence-corrected chi connectivity index (χ1v) is 23.7. The topological polar surface area (TPSA) is 82.3 Å². The molecule has 7 nitrogen and oxygen atoms in total. The fourth-order valence-electron chi connectivity index (χ4n) is 9.65. The zero-order chi connectivity index (χ0) is 47.1. The van der Waals surface area contributed by atoms with Crippen LogP contribution in [0.15, 0.2) is 249 Å². The van der Waals surface area contributed by atoms with Crippen LogP contribution in [0.5, 0.6) is 0 Å². The van der Waals surface area contributed by atoms with Gasteiger partial charge in [-0.05, 0) is 69.4 Å². The van der Waals surface area contributed by atoms with Gasteiger partial charge in [0.2, 0.25) is 0 Å². The first-order chi connectivity index (χ1) is 35.2. The number of rotatable bonds is 9. The lowest BCUT2D eigenvalue weighted by Gasteiger charge is -2.16. The second kappa shape index (κ2) is 17.7. The van der Waals surface area contributed by atoms with Crippen molar-refractivity contribution in [1.82, 2.24) is 34.5 Å². The number of para-hydroxylation sites is 1. The molecular weight excluding hydrogens is 867 g/mol. The molecule has 0 aliphatic rings. The van der Waals surface area contributed by atoms with E-state index in [0.717, 1.165) is 93.9 Å². The molecule has 0 fully saturated rings.